The van der Waals surface area contributed by atoms with E-state index in [-0.39, 0.29) is 0 Å². The normalized spacial score (nSPS) is 18.3. The predicted octanol–water partition coefficient (Wildman–Crippen LogP) is 2.70. The quantitative estimate of drug-likeness (QED) is 0.619. The van der Waals surface area contributed by atoms with Crippen LogP contribution < -0.4 is 5.32 Å². The largest absolute Gasteiger partial charge is 0.403 e. The van der Waals surface area contributed by atoms with Crippen molar-refractivity contribution in [2.45, 2.75) is 45.8 Å². The van der Waals surface area contributed by atoms with Crippen molar-refractivity contribution in [1.29, 1.82) is 0 Å². The van der Waals surface area contributed by atoms with Gasteiger partial charge in [0.05, 0.1) is 10.7 Å². The van der Waals surface area contributed by atoms with E-state index in [9.17, 15) is 13.2 Å². The average molecular weight is 392 g/mol. The molecule has 26 heavy (non-hydrogen) atoms. The molecular formula is C17H28F3N5S. The van der Waals surface area contributed by atoms with Crippen molar-refractivity contribution < 1.29 is 13.2 Å². The number of aryl methyl sites for hydroxylation is 2. The second-order valence-corrected chi connectivity index (χ2v) is 7.72. The van der Waals surface area contributed by atoms with E-state index in [0.29, 0.717) is 32.7 Å². The molecule has 1 aromatic heterocycles. The average Bonchev–Trinajstić information content (AvgIpc) is 2.97. The van der Waals surface area contributed by atoms with Crippen LogP contribution in [0.2, 0.25) is 0 Å². The molecule has 2 heterocycles. The van der Waals surface area contributed by atoms with Crippen LogP contribution in [0.15, 0.2) is 4.99 Å². The third kappa shape index (κ3) is 5.33. The minimum absolute atomic E-state index is 0.382. The van der Waals surface area contributed by atoms with Gasteiger partial charge in [0.15, 0.2) is 5.96 Å². The molecule has 1 aliphatic rings. The molecule has 0 radical (unpaired) electrons. The zero-order valence-electron chi connectivity index (χ0n) is 15.9. The lowest BCUT2D eigenvalue weighted by Crippen LogP contribution is -2.56. The van der Waals surface area contributed by atoms with Crippen LogP contribution in [0.25, 0.3) is 0 Å². The highest BCUT2D eigenvalue weighted by atomic mass is 32.1. The summed E-state index contributed by atoms with van der Waals surface area (Å²) in [6.07, 6.45) is -2.42. The summed E-state index contributed by atoms with van der Waals surface area (Å²) in [5, 5.41) is 4.41. The number of hydrogen-bond donors (Lipinski definition) is 1. The zero-order chi connectivity index (χ0) is 19.3. The van der Waals surface area contributed by atoms with Gasteiger partial charge in [-0.15, -0.1) is 11.3 Å². The van der Waals surface area contributed by atoms with Crippen molar-refractivity contribution in [3.05, 3.63) is 15.6 Å². The molecule has 1 aliphatic heterocycles. The molecule has 0 saturated carbocycles. The van der Waals surface area contributed by atoms with E-state index < -0.39 is 12.2 Å². The van der Waals surface area contributed by atoms with Crippen LogP contribution in [0, 0.1) is 6.92 Å². The molecule has 0 aliphatic carbocycles. The fraction of sp³-hybridized carbons (Fsp3) is 0.765. The van der Waals surface area contributed by atoms with Gasteiger partial charge >= 0.3 is 6.18 Å². The Morgan fingerprint density at radius 3 is 2.46 bits per heavy atom. The van der Waals surface area contributed by atoms with E-state index in [1.165, 1.54) is 16.7 Å². The second-order valence-electron chi connectivity index (χ2n) is 6.43. The number of piperazine rings is 1. The molecule has 0 bridgehead atoms. The first-order valence-electron chi connectivity index (χ1n) is 8.97. The molecule has 2 rings (SSSR count). The van der Waals surface area contributed by atoms with Gasteiger partial charge in [-0.25, -0.2) is 4.98 Å². The number of guanidine groups is 1. The SMILES string of the molecule is CCc1nc(CCNC(=NC)N2CCN(C(C)C(F)(F)F)CC2)sc1C. The Hall–Kier alpha value is -1.35. The first-order valence-corrected chi connectivity index (χ1v) is 9.79. The summed E-state index contributed by atoms with van der Waals surface area (Å²) in [5.74, 6) is 0.744. The summed E-state index contributed by atoms with van der Waals surface area (Å²) in [5.41, 5.74) is 1.16. The van der Waals surface area contributed by atoms with Gasteiger partial charge in [-0.05, 0) is 20.3 Å². The van der Waals surface area contributed by atoms with Crippen LogP contribution in [-0.4, -0.2) is 72.7 Å². The summed E-state index contributed by atoms with van der Waals surface area (Å²) >= 11 is 1.72. The zero-order valence-corrected chi connectivity index (χ0v) is 16.7. The lowest BCUT2D eigenvalue weighted by molar-refractivity contribution is -0.181. The number of thiazole rings is 1. The van der Waals surface area contributed by atoms with Crippen molar-refractivity contribution >= 4 is 17.3 Å². The first-order chi connectivity index (χ1) is 12.3. The fourth-order valence-electron chi connectivity index (χ4n) is 3.06. The van der Waals surface area contributed by atoms with Gasteiger partial charge in [-0.1, -0.05) is 6.92 Å². The molecule has 1 atom stereocenters. The minimum atomic E-state index is -4.18. The van der Waals surface area contributed by atoms with Crippen molar-refractivity contribution in [3.8, 4) is 0 Å². The summed E-state index contributed by atoms with van der Waals surface area (Å²) in [7, 11) is 1.70. The fourth-order valence-corrected chi connectivity index (χ4v) is 4.09. The highest BCUT2D eigenvalue weighted by Crippen LogP contribution is 2.25. The lowest BCUT2D eigenvalue weighted by atomic mass is 10.2. The van der Waals surface area contributed by atoms with E-state index in [2.05, 4.69) is 29.1 Å². The topological polar surface area (TPSA) is 43.8 Å². The summed E-state index contributed by atoms with van der Waals surface area (Å²) in [6, 6.07) is -1.40. The molecule has 1 N–H and O–H groups in total. The minimum Gasteiger partial charge on any atom is -0.356 e. The van der Waals surface area contributed by atoms with Crippen LogP contribution in [0.5, 0.6) is 0 Å². The molecular weight excluding hydrogens is 363 g/mol. The third-order valence-electron chi connectivity index (χ3n) is 4.74. The highest BCUT2D eigenvalue weighted by molar-refractivity contribution is 7.11. The Balaban J connectivity index is 1.81. The van der Waals surface area contributed by atoms with E-state index in [1.54, 1.807) is 18.4 Å². The molecule has 148 valence electrons. The van der Waals surface area contributed by atoms with Crippen molar-refractivity contribution in [3.63, 3.8) is 0 Å². The number of aromatic nitrogens is 1. The summed E-state index contributed by atoms with van der Waals surface area (Å²) in [6.45, 7) is 7.97. The Morgan fingerprint density at radius 2 is 1.96 bits per heavy atom. The third-order valence-corrected chi connectivity index (χ3v) is 5.81. The maximum atomic E-state index is 12.8. The standard InChI is InChI=1S/C17H28F3N5S/c1-5-14-12(2)26-15(23-14)6-7-22-16(21-4)25-10-8-24(9-11-25)13(3)17(18,19)20/h13H,5-11H2,1-4H3,(H,21,22). The molecule has 1 unspecified atom stereocenters. The molecule has 1 fully saturated rings. The number of halogens is 3. The maximum absolute atomic E-state index is 12.8. The van der Waals surface area contributed by atoms with Crippen molar-refractivity contribution in [2.24, 2.45) is 4.99 Å². The maximum Gasteiger partial charge on any atom is 0.403 e. The van der Waals surface area contributed by atoms with Gasteiger partial charge in [0.1, 0.15) is 6.04 Å². The smallest absolute Gasteiger partial charge is 0.356 e. The molecule has 5 nitrogen and oxygen atoms in total. The molecule has 0 aromatic carbocycles. The van der Waals surface area contributed by atoms with Gasteiger partial charge in [0, 0.05) is 51.1 Å². The van der Waals surface area contributed by atoms with Crippen LogP contribution in [0.4, 0.5) is 13.2 Å². The monoisotopic (exact) mass is 391 g/mol. The highest BCUT2D eigenvalue weighted by Gasteiger charge is 2.41. The Kier molecular flexibility index (Phi) is 7.28. The number of nitrogens with one attached hydrogen (secondary N) is 1. The van der Waals surface area contributed by atoms with Crippen molar-refractivity contribution in [1.82, 2.24) is 20.1 Å². The summed E-state index contributed by atoms with van der Waals surface area (Å²) < 4.78 is 38.5. The van der Waals surface area contributed by atoms with E-state index in [4.69, 9.17) is 0 Å². The number of aliphatic imine (C=N–C) groups is 1. The number of nitrogens with zero attached hydrogens (tertiary/aromatic N) is 4. The van der Waals surface area contributed by atoms with Crippen LogP contribution in [0.3, 0.4) is 0 Å². The van der Waals surface area contributed by atoms with Crippen LogP contribution in [-0.2, 0) is 12.8 Å². The molecule has 9 heteroatoms. The number of hydrogen-bond acceptors (Lipinski definition) is 4. The van der Waals surface area contributed by atoms with Crippen molar-refractivity contribution in [2.75, 3.05) is 39.8 Å². The van der Waals surface area contributed by atoms with Gasteiger partial charge in [0.25, 0.3) is 0 Å². The van der Waals surface area contributed by atoms with Gasteiger partial charge in [0.2, 0.25) is 0 Å². The van der Waals surface area contributed by atoms with E-state index >= 15 is 0 Å². The van der Waals surface area contributed by atoms with Crippen LogP contribution >= 0.6 is 11.3 Å². The lowest BCUT2D eigenvalue weighted by Gasteiger charge is -2.39. The van der Waals surface area contributed by atoms with Gasteiger partial charge in [-0.2, -0.15) is 13.2 Å². The van der Waals surface area contributed by atoms with Gasteiger partial charge < -0.3 is 10.2 Å². The molecule has 1 aromatic rings. The van der Waals surface area contributed by atoms with Gasteiger partial charge in [-0.3, -0.25) is 9.89 Å². The Morgan fingerprint density at radius 1 is 1.31 bits per heavy atom. The molecule has 0 amide bonds. The molecule has 0 spiro atoms. The number of rotatable bonds is 5. The van der Waals surface area contributed by atoms with E-state index in [1.807, 2.05) is 4.90 Å². The Labute approximate surface area is 157 Å². The second kappa shape index (κ2) is 9.03. The van der Waals surface area contributed by atoms with Crippen LogP contribution in [0.1, 0.15) is 29.4 Å². The predicted molar refractivity (Wildman–Crippen MR) is 100.0 cm³/mol. The Bertz CT molecular complexity index is 606. The number of alkyl halides is 3. The first kappa shape index (κ1) is 21.0. The van der Waals surface area contributed by atoms with E-state index in [0.717, 1.165) is 29.5 Å². The molecule has 1 saturated heterocycles. The summed E-state index contributed by atoms with van der Waals surface area (Å²) in [4.78, 5) is 13.7.